The molecule has 0 spiro atoms. The summed E-state index contributed by atoms with van der Waals surface area (Å²) < 4.78 is 0. The van der Waals surface area contributed by atoms with Crippen molar-refractivity contribution in [1.29, 1.82) is 0 Å². The van der Waals surface area contributed by atoms with Crippen LogP contribution in [0.3, 0.4) is 0 Å². The summed E-state index contributed by atoms with van der Waals surface area (Å²) in [5.41, 5.74) is 4.72. The summed E-state index contributed by atoms with van der Waals surface area (Å²) in [5.74, 6) is 1.70. The predicted octanol–water partition coefficient (Wildman–Crippen LogP) is 2.01. The average Bonchev–Trinajstić information content (AvgIpc) is 2.41. The second-order valence-corrected chi connectivity index (χ2v) is 4.82. The number of aryl methyl sites for hydroxylation is 1. The van der Waals surface area contributed by atoms with Crippen molar-refractivity contribution < 1.29 is 0 Å². The Labute approximate surface area is 72.4 Å². The quantitative estimate of drug-likeness (QED) is 0.621. The van der Waals surface area contributed by atoms with Crippen LogP contribution in [0.2, 0.25) is 0 Å². The summed E-state index contributed by atoms with van der Waals surface area (Å²) in [6.45, 7) is 6.89. The van der Waals surface area contributed by atoms with E-state index in [0.29, 0.717) is 5.41 Å². The third kappa shape index (κ3) is 0.530. The van der Waals surface area contributed by atoms with Crippen LogP contribution in [-0.2, 0) is 6.42 Å². The number of rotatable bonds is 0. The molecule has 0 saturated heterocycles. The highest BCUT2D eigenvalue weighted by atomic mass is 15.1. The average molecular weight is 162 g/mol. The molecule has 0 aliphatic heterocycles. The molecule has 0 bridgehead atoms. The van der Waals surface area contributed by atoms with Gasteiger partial charge in [-0.05, 0) is 36.2 Å². The summed E-state index contributed by atoms with van der Waals surface area (Å²) in [5, 5.41) is 7.40. The predicted molar refractivity (Wildman–Crippen MR) is 47.0 cm³/mol. The van der Waals surface area contributed by atoms with Crippen molar-refractivity contribution in [2.45, 2.75) is 33.1 Å². The van der Waals surface area contributed by atoms with Gasteiger partial charge in [-0.1, -0.05) is 13.8 Å². The van der Waals surface area contributed by atoms with Crippen molar-refractivity contribution in [3.8, 4) is 0 Å². The first kappa shape index (κ1) is 6.70. The van der Waals surface area contributed by atoms with Crippen molar-refractivity contribution in [1.82, 2.24) is 10.2 Å². The van der Waals surface area contributed by atoms with Crippen LogP contribution in [0, 0.1) is 18.3 Å². The number of hydrogen-bond acceptors (Lipinski definition) is 1. The zero-order chi connectivity index (χ0) is 8.51. The molecule has 1 fully saturated rings. The fourth-order valence-corrected chi connectivity index (χ4v) is 2.96. The first-order valence-electron chi connectivity index (χ1n) is 4.66. The highest BCUT2D eigenvalue weighted by molar-refractivity contribution is 5.44. The van der Waals surface area contributed by atoms with E-state index in [1.54, 1.807) is 0 Å². The summed E-state index contributed by atoms with van der Waals surface area (Å²) in [7, 11) is 0. The maximum absolute atomic E-state index is 4.32. The van der Waals surface area contributed by atoms with Crippen LogP contribution >= 0.6 is 0 Å². The highest BCUT2D eigenvalue weighted by Gasteiger charge is 2.63. The minimum absolute atomic E-state index is 0.557. The monoisotopic (exact) mass is 162 g/mol. The normalized spacial score (nSPS) is 34.6. The van der Waals surface area contributed by atoms with Gasteiger partial charge in [0.15, 0.2) is 0 Å². The van der Waals surface area contributed by atoms with Crippen LogP contribution in [0.25, 0.3) is 0 Å². The molecule has 2 atom stereocenters. The fraction of sp³-hybridized carbons (Fsp3) is 0.700. The van der Waals surface area contributed by atoms with E-state index >= 15 is 0 Å². The number of H-pyrrole nitrogens is 1. The van der Waals surface area contributed by atoms with Gasteiger partial charge < -0.3 is 0 Å². The lowest BCUT2D eigenvalue weighted by atomic mass is 9.98. The number of nitrogens with zero attached hydrogens (tertiary/aromatic N) is 1. The molecule has 3 rings (SSSR count). The number of aromatic amines is 1. The van der Waals surface area contributed by atoms with Crippen LogP contribution in [0.15, 0.2) is 0 Å². The molecule has 2 nitrogen and oxygen atoms in total. The van der Waals surface area contributed by atoms with Gasteiger partial charge in [0.25, 0.3) is 0 Å². The van der Waals surface area contributed by atoms with Crippen molar-refractivity contribution in [3.63, 3.8) is 0 Å². The molecular weight excluding hydrogens is 148 g/mol. The van der Waals surface area contributed by atoms with Crippen molar-refractivity contribution >= 4 is 0 Å². The summed E-state index contributed by atoms with van der Waals surface area (Å²) in [6, 6.07) is 0. The van der Waals surface area contributed by atoms with Gasteiger partial charge in [-0.2, -0.15) is 5.10 Å². The maximum Gasteiger partial charge on any atom is 0.0663 e. The Morgan fingerprint density at radius 2 is 2.25 bits per heavy atom. The first-order valence-corrected chi connectivity index (χ1v) is 4.66. The van der Waals surface area contributed by atoms with Crippen LogP contribution in [0.1, 0.15) is 36.7 Å². The van der Waals surface area contributed by atoms with Crippen LogP contribution in [0.5, 0.6) is 0 Å². The molecule has 0 amide bonds. The van der Waals surface area contributed by atoms with E-state index in [1.165, 1.54) is 23.4 Å². The maximum atomic E-state index is 4.32. The molecule has 1 heterocycles. The number of fused-ring (bicyclic) bond motifs is 3. The summed E-state index contributed by atoms with van der Waals surface area (Å²) in [6.07, 6.45) is 1.21. The van der Waals surface area contributed by atoms with Gasteiger partial charge >= 0.3 is 0 Å². The topological polar surface area (TPSA) is 28.7 Å². The molecule has 1 saturated carbocycles. The first-order chi connectivity index (χ1) is 5.62. The van der Waals surface area contributed by atoms with E-state index in [-0.39, 0.29) is 0 Å². The second-order valence-electron chi connectivity index (χ2n) is 4.82. The highest BCUT2D eigenvalue weighted by Crippen LogP contribution is 2.70. The molecule has 2 aliphatic carbocycles. The lowest BCUT2D eigenvalue weighted by molar-refractivity contribution is 0.537. The lowest BCUT2D eigenvalue weighted by Crippen LogP contribution is -1.99. The molecule has 1 N–H and O–H groups in total. The number of hydrogen-bond donors (Lipinski definition) is 1. The number of aromatic nitrogens is 2. The molecule has 12 heavy (non-hydrogen) atoms. The standard InChI is InChI=1S/C10H14N2/c1-5-8-7(12-11-5)4-6-9(8)10(6,2)3/h6,9H,4H2,1-3H3,(H,11,12)/t6-,9-/m1/s1. The zero-order valence-electron chi connectivity index (χ0n) is 7.81. The van der Waals surface area contributed by atoms with E-state index in [2.05, 4.69) is 31.0 Å². The fourth-order valence-electron chi connectivity index (χ4n) is 2.96. The van der Waals surface area contributed by atoms with E-state index in [1.807, 2.05) is 0 Å². The van der Waals surface area contributed by atoms with E-state index in [0.717, 1.165) is 11.8 Å². The molecule has 0 unspecified atom stereocenters. The smallest absolute Gasteiger partial charge is 0.0663 e. The van der Waals surface area contributed by atoms with Crippen molar-refractivity contribution in [3.05, 3.63) is 17.0 Å². The van der Waals surface area contributed by atoms with Gasteiger partial charge in [-0.15, -0.1) is 0 Å². The van der Waals surface area contributed by atoms with E-state index < -0.39 is 0 Å². The molecule has 2 aliphatic rings. The second kappa shape index (κ2) is 1.61. The Hall–Kier alpha value is -0.790. The molecular formula is C10H14N2. The van der Waals surface area contributed by atoms with Crippen LogP contribution in [-0.4, -0.2) is 10.2 Å². The van der Waals surface area contributed by atoms with Gasteiger partial charge in [0.05, 0.1) is 5.69 Å². The zero-order valence-corrected chi connectivity index (χ0v) is 7.81. The number of nitrogens with one attached hydrogen (secondary N) is 1. The summed E-state index contributed by atoms with van der Waals surface area (Å²) in [4.78, 5) is 0. The molecule has 64 valence electrons. The van der Waals surface area contributed by atoms with Gasteiger partial charge in [-0.3, -0.25) is 5.10 Å². The SMILES string of the molecule is Cc1[nH]nc2c1[C@H]1[C@@H](C2)C1(C)C. The minimum atomic E-state index is 0.557. The van der Waals surface area contributed by atoms with Crippen molar-refractivity contribution in [2.75, 3.05) is 0 Å². The molecule has 1 aromatic heterocycles. The Morgan fingerprint density at radius 3 is 3.00 bits per heavy atom. The third-order valence-electron chi connectivity index (χ3n) is 3.85. The van der Waals surface area contributed by atoms with Gasteiger partial charge in [0, 0.05) is 5.69 Å². The molecule has 0 aromatic carbocycles. The van der Waals surface area contributed by atoms with Gasteiger partial charge in [0.1, 0.15) is 0 Å². The van der Waals surface area contributed by atoms with Crippen molar-refractivity contribution in [2.24, 2.45) is 11.3 Å². The minimum Gasteiger partial charge on any atom is -0.282 e. The Balaban J connectivity index is 2.14. The van der Waals surface area contributed by atoms with Gasteiger partial charge in [-0.25, -0.2) is 0 Å². The van der Waals surface area contributed by atoms with Crippen LogP contribution in [0.4, 0.5) is 0 Å². The van der Waals surface area contributed by atoms with E-state index in [9.17, 15) is 0 Å². The lowest BCUT2D eigenvalue weighted by Gasteiger charge is -2.06. The molecule has 2 heteroatoms. The Kier molecular flexibility index (Phi) is 0.897. The Bertz CT molecular complexity index is 349. The largest absolute Gasteiger partial charge is 0.282 e. The third-order valence-corrected chi connectivity index (χ3v) is 3.85. The molecule has 0 radical (unpaired) electrons. The van der Waals surface area contributed by atoms with Gasteiger partial charge in [0.2, 0.25) is 0 Å². The summed E-state index contributed by atoms with van der Waals surface area (Å²) >= 11 is 0. The van der Waals surface area contributed by atoms with Crippen LogP contribution < -0.4 is 0 Å². The molecule has 1 aromatic rings. The van der Waals surface area contributed by atoms with E-state index in [4.69, 9.17) is 0 Å². The Morgan fingerprint density at radius 1 is 1.50 bits per heavy atom.